The number of carboxylic acids is 1. The van der Waals surface area contributed by atoms with E-state index in [-0.39, 0.29) is 24.4 Å². The highest BCUT2D eigenvalue weighted by Crippen LogP contribution is 2.47. The number of hydrogen-bond donors (Lipinski definition) is 2. The number of halogens is 2. The maximum Gasteiger partial charge on any atom is 0.311 e. The Morgan fingerprint density at radius 3 is 2.61 bits per heavy atom. The van der Waals surface area contributed by atoms with E-state index in [1.165, 1.54) is 0 Å². The van der Waals surface area contributed by atoms with Crippen molar-refractivity contribution in [2.75, 3.05) is 6.54 Å². The lowest BCUT2D eigenvalue weighted by atomic mass is 9.77. The van der Waals surface area contributed by atoms with Crippen LogP contribution in [0.1, 0.15) is 18.4 Å². The quantitative estimate of drug-likeness (QED) is 0.845. The van der Waals surface area contributed by atoms with Gasteiger partial charge >= 0.3 is 5.97 Å². The molecule has 1 aromatic carbocycles. The highest BCUT2D eigenvalue weighted by atomic mass is 19.1. The summed E-state index contributed by atoms with van der Waals surface area (Å²) in [5, 5.41) is 9.36. The van der Waals surface area contributed by atoms with Crippen LogP contribution in [0.15, 0.2) is 18.2 Å². The Kier molecular flexibility index (Phi) is 3.34. The van der Waals surface area contributed by atoms with E-state index < -0.39 is 23.0 Å². The second-order valence-corrected chi connectivity index (χ2v) is 4.85. The smallest absolute Gasteiger partial charge is 0.311 e. The lowest BCUT2D eigenvalue weighted by molar-refractivity contribution is -0.149. The second-order valence-electron chi connectivity index (χ2n) is 4.85. The van der Waals surface area contributed by atoms with E-state index in [4.69, 9.17) is 5.73 Å². The Hall–Kier alpha value is -1.49. The first-order chi connectivity index (χ1) is 8.49. The molecule has 0 spiro atoms. The van der Waals surface area contributed by atoms with Crippen LogP contribution in [0.3, 0.4) is 0 Å². The molecule has 0 aliphatic heterocycles. The normalized spacial score (nSPS) is 18.4. The van der Waals surface area contributed by atoms with E-state index in [9.17, 15) is 18.7 Å². The third-order valence-electron chi connectivity index (χ3n) is 3.66. The first-order valence-corrected chi connectivity index (χ1v) is 5.87. The van der Waals surface area contributed by atoms with Gasteiger partial charge in [-0.2, -0.15) is 0 Å². The first-order valence-electron chi connectivity index (χ1n) is 5.87. The van der Waals surface area contributed by atoms with Crippen LogP contribution in [0.5, 0.6) is 0 Å². The molecule has 3 nitrogen and oxygen atoms in total. The number of benzene rings is 1. The minimum absolute atomic E-state index is 0.0392. The monoisotopic (exact) mass is 255 g/mol. The van der Waals surface area contributed by atoms with Crippen LogP contribution in [-0.2, 0) is 11.2 Å². The number of hydrogen-bond acceptors (Lipinski definition) is 2. The molecule has 1 aliphatic carbocycles. The van der Waals surface area contributed by atoms with E-state index in [0.29, 0.717) is 0 Å². The van der Waals surface area contributed by atoms with Gasteiger partial charge in [0, 0.05) is 6.54 Å². The Morgan fingerprint density at radius 1 is 1.44 bits per heavy atom. The molecule has 1 fully saturated rings. The topological polar surface area (TPSA) is 63.3 Å². The van der Waals surface area contributed by atoms with Gasteiger partial charge < -0.3 is 10.8 Å². The fraction of sp³-hybridized carbons (Fsp3) is 0.462. The molecule has 1 aliphatic rings. The zero-order chi connectivity index (χ0) is 13.3. The molecule has 0 saturated heterocycles. The van der Waals surface area contributed by atoms with Crippen LogP contribution in [0.25, 0.3) is 0 Å². The van der Waals surface area contributed by atoms with Crippen LogP contribution in [0, 0.1) is 23.0 Å². The molecule has 0 heterocycles. The van der Waals surface area contributed by atoms with Gasteiger partial charge in [0.05, 0.1) is 5.41 Å². The van der Waals surface area contributed by atoms with E-state index in [1.54, 1.807) is 0 Å². The molecule has 1 unspecified atom stereocenters. The maximum atomic E-state index is 13.6. The van der Waals surface area contributed by atoms with Crippen LogP contribution in [0.2, 0.25) is 0 Å². The van der Waals surface area contributed by atoms with Crippen molar-refractivity contribution in [2.24, 2.45) is 17.1 Å². The third kappa shape index (κ3) is 2.22. The van der Waals surface area contributed by atoms with Crippen LogP contribution in [0.4, 0.5) is 8.78 Å². The summed E-state index contributed by atoms with van der Waals surface area (Å²) in [6.45, 7) is -0.0665. The fourth-order valence-electron chi connectivity index (χ4n) is 2.38. The van der Waals surface area contributed by atoms with Gasteiger partial charge in [0.15, 0.2) is 0 Å². The SMILES string of the molecule is NCC(Cc1cc(F)ccc1F)(C(=O)O)C1CC1. The van der Waals surface area contributed by atoms with E-state index in [2.05, 4.69) is 0 Å². The average Bonchev–Trinajstić information content (AvgIpc) is 3.14. The van der Waals surface area contributed by atoms with Crippen molar-refractivity contribution in [3.8, 4) is 0 Å². The summed E-state index contributed by atoms with van der Waals surface area (Å²) in [5.41, 5.74) is 4.50. The summed E-state index contributed by atoms with van der Waals surface area (Å²) >= 11 is 0. The Morgan fingerprint density at radius 2 is 2.11 bits per heavy atom. The molecule has 2 rings (SSSR count). The molecule has 0 bridgehead atoms. The van der Waals surface area contributed by atoms with Crippen molar-refractivity contribution >= 4 is 5.97 Å². The predicted molar refractivity (Wildman–Crippen MR) is 61.9 cm³/mol. The van der Waals surface area contributed by atoms with Gasteiger partial charge in [-0.05, 0) is 48.9 Å². The van der Waals surface area contributed by atoms with Gasteiger partial charge in [0.2, 0.25) is 0 Å². The molecule has 1 atom stereocenters. The van der Waals surface area contributed by atoms with Crippen LogP contribution < -0.4 is 5.73 Å². The van der Waals surface area contributed by atoms with Crippen molar-refractivity contribution in [2.45, 2.75) is 19.3 Å². The molecule has 98 valence electrons. The standard InChI is InChI=1S/C13H15F2NO2/c14-10-3-4-11(15)8(5-10)6-13(7-16,12(17)18)9-1-2-9/h3-5,9H,1-2,6-7,16H2,(H,17,18). The van der Waals surface area contributed by atoms with E-state index in [1.807, 2.05) is 0 Å². The summed E-state index contributed by atoms with van der Waals surface area (Å²) < 4.78 is 26.7. The summed E-state index contributed by atoms with van der Waals surface area (Å²) in [6, 6.07) is 3.08. The van der Waals surface area contributed by atoms with Gasteiger partial charge in [-0.15, -0.1) is 0 Å². The molecule has 0 aromatic heterocycles. The molecule has 3 N–H and O–H groups in total. The number of rotatable bonds is 5. The molecule has 18 heavy (non-hydrogen) atoms. The number of aliphatic carboxylic acids is 1. The van der Waals surface area contributed by atoms with Crippen molar-refractivity contribution in [3.63, 3.8) is 0 Å². The van der Waals surface area contributed by atoms with Crippen molar-refractivity contribution in [3.05, 3.63) is 35.4 Å². The largest absolute Gasteiger partial charge is 0.481 e. The molecule has 1 aromatic rings. The summed E-state index contributed by atoms with van der Waals surface area (Å²) in [6.07, 6.45) is 1.49. The van der Waals surface area contributed by atoms with Crippen molar-refractivity contribution in [1.82, 2.24) is 0 Å². The van der Waals surface area contributed by atoms with Gasteiger partial charge in [-0.3, -0.25) is 4.79 Å². The number of nitrogens with two attached hydrogens (primary N) is 1. The Balaban J connectivity index is 2.34. The van der Waals surface area contributed by atoms with Gasteiger partial charge in [-0.1, -0.05) is 0 Å². The minimum Gasteiger partial charge on any atom is -0.481 e. The zero-order valence-electron chi connectivity index (χ0n) is 9.83. The second kappa shape index (κ2) is 4.65. The minimum atomic E-state index is -1.17. The number of carboxylic acid groups (broad SMARTS) is 1. The number of carbonyl (C=O) groups is 1. The van der Waals surface area contributed by atoms with Crippen molar-refractivity contribution < 1.29 is 18.7 Å². The highest BCUT2D eigenvalue weighted by Gasteiger charge is 2.50. The van der Waals surface area contributed by atoms with Gasteiger partial charge in [0.25, 0.3) is 0 Å². The lowest BCUT2D eigenvalue weighted by Gasteiger charge is -2.28. The molecular formula is C13H15F2NO2. The summed E-state index contributed by atoms with van der Waals surface area (Å²) in [4.78, 5) is 11.4. The molecule has 0 amide bonds. The average molecular weight is 255 g/mol. The Labute approximate surface area is 104 Å². The molecule has 1 saturated carbocycles. The highest BCUT2D eigenvalue weighted by molar-refractivity contribution is 5.76. The fourth-order valence-corrected chi connectivity index (χ4v) is 2.38. The molecule has 0 radical (unpaired) electrons. The van der Waals surface area contributed by atoms with Gasteiger partial charge in [0.1, 0.15) is 11.6 Å². The predicted octanol–water partition coefficient (Wildman–Crippen LogP) is 1.95. The van der Waals surface area contributed by atoms with E-state index >= 15 is 0 Å². The maximum absolute atomic E-state index is 13.6. The Bertz CT molecular complexity index is 474. The third-order valence-corrected chi connectivity index (χ3v) is 3.66. The molecule has 5 heteroatoms. The summed E-state index contributed by atoms with van der Waals surface area (Å²) in [5.74, 6) is -2.23. The van der Waals surface area contributed by atoms with Crippen LogP contribution >= 0.6 is 0 Å². The van der Waals surface area contributed by atoms with Crippen molar-refractivity contribution in [1.29, 1.82) is 0 Å². The van der Waals surface area contributed by atoms with Crippen LogP contribution in [-0.4, -0.2) is 17.6 Å². The summed E-state index contributed by atoms with van der Waals surface area (Å²) in [7, 11) is 0. The zero-order valence-corrected chi connectivity index (χ0v) is 9.83. The first kappa shape index (κ1) is 13.0. The van der Waals surface area contributed by atoms with E-state index in [0.717, 1.165) is 31.0 Å². The molecular weight excluding hydrogens is 240 g/mol. The van der Waals surface area contributed by atoms with Gasteiger partial charge in [-0.25, -0.2) is 8.78 Å². The lowest BCUT2D eigenvalue weighted by Crippen LogP contribution is -2.42.